The van der Waals surface area contributed by atoms with E-state index in [4.69, 9.17) is 4.74 Å². The van der Waals surface area contributed by atoms with Crippen LogP contribution in [0.15, 0.2) is 114 Å². The van der Waals surface area contributed by atoms with Gasteiger partial charge in [0.15, 0.2) is 12.4 Å². The lowest BCUT2D eigenvalue weighted by molar-refractivity contribution is 0.102. The van der Waals surface area contributed by atoms with Gasteiger partial charge in [0.1, 0.15) is 5.75 Å². The molecule has 0 bridgehead atoms. The van der Waals surface area contributed by atoms with Gasteiger partial charge in [-0.1, -0.05) is 42.5 Å². The molecule has 0 spiro atoms. The maximum Gasteiger partial charge on any atom is 0.276 e. The molecule has 0 saturated carbocycles. The number of carbonyl (C=O) groups is 1. The van der Waals surface area contributed by atoms with Crippen LogP contribution in [0.3, 0.4) is 0 Å². The molecule has 0 aliphatic carbocycles. The number of anilines is 2. The van der Waals surface area contributed by atoms with Crippen molar-refractivity contribution in [2.75, 3.05) is 10.0 Å². The summed E-state index contributed by atoms with van der Waals surface area (Å²) in [5.41, 5.74) is 2.81. The SMILES string of the molecule is O=C(Nc1ccc(S(=O)(=O)Nc2ncccn2)cc1)c1ccn(COc2ccc(-c3ccccc3)cc2)n1. The smallest absolute Gasteiger partial charge is 0.276 e. The lowest BCUT2D eigenvalue weighted by Gasteiger charge is -2.08. The van der Waals surface area contributed by atoms with Gasteiger partial charge in [-0.05, 0) is 59.7 Å². The van der Waals surface area contributed by atoms with Crippen molar-refractivity contribution in [1.82, 2.24) is 19.7 Å². The third kappa shape index (κ3) is 6.02. The molecular formula is C27H22N6O4S. The van der Waals surface area contributed by atoms with Crippen LogP contribution in [0.1, 0.15) is 10.5 Å². The molecule has 0 atom stereocenters. The van der Waals surface area contributed by atoms with Crippen LogP contribution in [0.25, 0.3) is 11.1 Å². The highest BCUT2D eigenvalue weighted by molar-refractivity contribution is 7.92. The van der Waals surface area contributed by atoms with Gasteiger partial charge < -0.3 is 10.1 Å². The van der Waals surface area contributed by atoms with E-state index < -0.39 is 15.9 Å². The largest absolute Gasteiger partial charge is 0.471 e. The van der Waals surface area contributed by atoms with Crippen LogP contribution in [-0.2, 0) is 16.8 Å². The normalized spacial score (nSPS) is 11.1. The number of benzene rings is 3. The summed E-state index contributed by atoms with van der Waals surface area (Å²) in [6, 6.07) is 26.6. The summed E-state index contributed by atoms with van der Waals surface area (Å²) in [6.07, 6.45) is 4.50. The third-order valence-corrected chi connectivity index (χ3v) is 6.76. The molecular weight excluding hydrogens is 504 g/mol. The first-order valence-corrected chi connectivity index (χ1v) is 13.0. The molecule has 11 heteroatoms. The Morgan fingerprint density at radius 3 is 2.21 bits per heavy atom. The fourth-order valence-electron chi connectivity index (χ4n) is 3.51. The highest BCUT2D eigenvalue weighted by Crippen LogP contribution is 2.22. The minimum Gasteiger partial charge on any atom is -0.471 e. The maximum atomic E-state index is 12.6. The number of sulfonamides is 1. The number of amides is 1. The highest BCUT2D eigenvalue weighted by atomic mass is 32.2. The molecule has 2 aromatic heterocycles. The molecule has 5 rings (SSSR count). The molecule has 0 aliphatic rings. The van der Waals surface area contributed by atoms with E-state index in [2.05, 4.69) is 25.1 Å². The van der Waals surface area contributed by atoms with Gasteiger partial charge in [0.2, 0.25) is 5.95 Å². The van der Waals surface area contributed by atoms with Crippen LogP contribution in [0.4, 0.5) is 11.6 Å². The number of nitrogens with zero attached hydrogens (tertiary/aromatic N) is 4. The van der Waals surface area contributed by atoms with E-state index in [1.165, 1.54) is 41.3 Å². The zero-order valence-corrected chi connectivity index (χ0v) is 20.7. The van der Waals surface area contributed by atoms with Crippen LogP contribution in [0, 0.1) is 0 Å². The van der Waals surface area contributed by atoms with Crippen LogP contribution in [0.2, 0.25) is 0 Å². The average Bonchev–Trinajstić information content (AvgIpc) is 3.43. The van der Waals surface area contributed by atoms with Crippen molar-refractivity contribution in [2.45, 2.75) is 11.6 Å². The van der Waals surface area contributed by atoms with E-state index in [1.54, 1.807) is 18.3 Å². The summed E-state index contributed by atoms with van der Waals surface area (Å²) >= 11 is 0. The van der Waals surface area contributed by atoms with Crippen molar-refractivity contribution >= 4 is 27.6 Å². The summed E-state index contributed by atoms with van der Waals surface area (Å²) in [5.74, 6) is 0.200. The van der Waals surface area contributed by atoms with Gasteiger partial charge in [-0.2, -0.15) is 5.10 Å². The van der Waals surface area contributed by atoms with E-state index in [-0.39, 0.29) is 23.3 Å². The predicted molar refractivity (Wildman–Crippen MR) is 142 cm³/mol. The second-order valence-corrected chi connectivity index (χ2v) is 9.74. The number of hydrogen-bond donors (Lipinski definition) is 2. The second-order valence-electron chi connectivity index (χ2n) is 8.06. The Balaban J connectivity index is 1.16. The van der Waals surface area contributed by atoms with E-state index in [9.17, 15) is 13.2 Å². The Hall–Kier alpha value is -5.03. The van der Waals surface area contributed by atoms with Crippen LogP contribution in [0.5, 0.6) is 5.75 Å². The van der Waals surface area contributed by atoms with Crippen molar-refractivity contribution in [2.24, 2.45) is 0 Å². The molecule has 0 radical (unpaired) electrons. The van der Waals surface area contributed by atoms with Crippen molar-refractivity contribution < 1.29 is 17.9 Å². The van der Waals surface area contributed by atoms with Crippen LogP contribution < -0.4 is 14.8 Å². The Morgan fingerprint density at radius 2 is 1.50 bits per heavy atom. The van der Waals surface area contributed by atoms with E-state index >= 15 is 0 Å². The monoisotopic (exact) mass is 526 g/mol. The Kier molecular flexibility index (Phi) is 7.09. The molecule has 10 nitrogen and oxygen atoms in total. The third-order valence-electron chi connectivity index (χ3n) is 5.41. The standard InChI is InChI=1S/C27H22N6O4S/c34-26(30-22-9-13-24(14-10-22)38(35,36)32-27-28-16-4-17-29-27)25-15-18-33(31-25)19-37-23-11-7-21(8-12-23)20-5-2-1-3-6-20/h1-18H,19H2,(H,30,34)(H,28,29,32). The minimum absolute atomic E-state index is 0.00109. The fourth-order valence-corrected chi connectivity index (χ4v) is 4.47. The second kappa shape index (κ2) is 10.9. The van der Waals surface area contributed by atoms with Crippen molar-refractivity contribution in [1.29, 1.82) is 0 Å². The van der Waals surface area contributed by atoms with Gasteiger partial charge in [0.25, 0.3) is 15.9 Å². The zero-order valence-electron chi connectivity index (χ0n) is 19.9. The number of ether oxygens (including phenoxy) is 1. The van der Waals surface area contributed by atoms with Gasteiger partial charge in [0.05, 0.1) is 4.90 Å². The first kappa shape index (κ1) is 24.7. The van der Waals surface area contributed by atoms with Crippen molar-refractivity contribution in [3.05, 3.63) is 115 Å². The first-order chi connectivity index (χ1) is 18.5. The summed E-state index contributed by atoms with van der Waals surface area (Å²) in [5, 5.41) is 6.95. The summed E-state index contributed by atoms with van der Waals surface area (Å²) in [4.78, 5) is 20.3. The van der Waals surface area contributed by atoms with Gasteiger partial charge in [0, 0.05) is 24.3 Å². The van der Waals surface area contributed by atoms with Crippen molar-refractivity contribution in [3.63, 3.8) is 0 Å². The topological polar surface area (TPSA) is 128 Å². The van der Waals surface area contributed by atoms with Crippen LogP contribution >= 0.6 is 0 Å². The maximum absolute atomic E-state index is 12.6. The molecule has 38 heavy (non-hydrogen) atoms. The number of rotatable bonds is 9. The number of carbonyl (C=O) groups excluding carboxylic acids is 1. The van der Waals surface area contributed by atoms with Gasteiger partial charge in [-0.15, -0.1) is 0 Å². The molecule has 190 valence electrons. The van der Waals surface area contributed by atoms with Crippen molar-refractivity contribution in [3.8, 4) is 16.9 Å². The zero-order chi connectivity index (χ0) is 26.4. The van der Waals surface area contributed by atoms with Crippen LogP contribution in [-0.4, -0.2) is 34.1 Å². The lowest BCUT2D eigenvalue weighted by atomic mass is 10.1. The summed E-state index contributed by atoms with van der Waals surface area (Å²) in [7, 11) is -3.87. The fraction of sp³-hybridized carbons (Fsp3) is 0.0370. The molecule has 0 fully saturated rings. The summed E-state index contributed by atoms with van der Waals surface area (Å²) in [6.45, 7) is 0.128. The molecule has 1 amide bonds. The molecule has 0 aliphatic heterocycles. The molecule has 2 heterocycles. The van der Waals surface area contributed by atoms with E-state index in [0.717, 1.165) is 11.1 Å². The Labute approximate surface area is 219 Å². The molecule has 2 N–H and O–H groups in total. The molecule has 0 unspecified atom stereocenters. The number of aromatic nitrogens is 4. The first-order valence-electron chi connectivity index (χ1n) is 11.5. The lowest BCUT2D eigenvalue weighted by Crippen LogP contribution is -2.16. The Morgan fingerprint density at radius 1 is 0.816 bits per heavy atom. The minimum atomic E-state index is -3.87. The van der Waals surface area contributed by atoms with Gasteiger partial charge in [-0.25, -0.2) is 27.8 Å². The van der Waals surface area contributed by atoms with E-state index in [1.807, 2.05) is 54.6 Å². The predicted octanol–water partition coefficient (Wildman–Crippen LogP) is 4.43. The number of hydrogen-bond acceptors (Lipinski definition) is 7. The molecule has 3 aromatic carbocycles. The van der Waals surface area contributed by atoms with Gasteiger partial charge in [-0.3, -0.25) is 4.79 Å². The van der Waals surface area contributed by atoms with E-state index in [0.29, 0.717) is 11.4 Å². The average molecular weight is 527 g/mol. The number of nitrogens with one attached hydrogen (secondary N) is 2. The quantitative estimate of drug-likeness (QED) is 0.291. The van der Waals surface area contributed by atoms with Gasteiger partial charge >= 0.3 is 0 Å². The highest BCUT2D eigenvalue weighted by Gasteiger charge is 2.16. The molecule has 5 aromatic rings. The molecule has 0 saturated heterocycles. The summed E-state index contributed by atoms with van der Waals surface area (Å²) < 4.78 is 34.6. The Bertz CT molecular complexity index is 1620.